The average molecular weight is 383 g/mol. The van der Waals surface area contributed by atoms with E-state index in [2.05, 4.69) is 20.9 Å². The molecule has 0 unspecified atom stereocenters. The van der Waals surface area contributed by atoms with Crippen LogP contribution in [0.5, 0.6) is 0 Å². The third kappa shape index (κ3) is 4.78. The summed E-state index contributed by atoms with van der Waals surface area (Å²) in [5, 5.41) is 1.35. The zero-order valence-electron chi connectivity index (χ0n) is 14.1. The lowest BCUT2D eigenvalue weighted by molar-refractivity contribution is -0.216. The second kappa shape index (κ2) is 7.45. The molecule has 0 atom stereocenters. The van der Waals surface area contributed by atoms with E-state index in [9.17, 15) is 4.79 Å². The van der Waals surface area contributed by atoms with Crippen LogP contribution in [-0.4, -0.2) is 28.6 Å². The lowest BCUT2D eigenvalue weighted by Crippen LogP contribution is -2.33. The summed E-state index contributed by atoms with van der Waals surface area (Å²) in [4.78, 5) is 21.2. The molecule has 0 fully saturated rings. The molecule has 0 aliphatic heterocycles. The third-order valence-electron chi connectivity index (χ3n) is 3.26. The largest absolute Gasteiger partial charge is 0.440 e. The summed E-state index contributed by atoms with van der Waals surface area (Å²) in [7, 11) is 0. The van der Waals surface area contributed by atoms with Crippen LogP contribution in [0.25, 0.3) is 11.1 Å². The Bertz CT molecular complexity index is 676. The fourth-order valence-corrected chi connectivity index (χ4v) is 2.85. The second-order valence-electron chi connectivity index (χ2n) is 6.39. The summed E-state index contributed by atoms with van der Waals surface area (Å²) < 4.78 is 6.84. The van der Waals surface area contributed by atoms with E-state index < -0.39 is 0 Å². The van der Waals surface area contributed by atoms with Gasteiger partial charge in [0, 0.05) is 23.0 Å². The van der Waals surface area contributed by atoms with Crippen LogP contribution in [0.4, 0.5) is 0 Å². The highest BCUT2D eigenvalue weighted by molar-refractivity contribution is 9.10. The molecule has 1 aromatic heterocycles. The predicted molar refractivity (Wildman–Crippen MR) is 93.0 cm³/mol. The Morgan fingerprint density at radius 2 is 2.13 bits per heavy atom. The van der Waals surface area contributed by atoms with E-state index in [4.69, 9.17) is 9.25 Å². The first-order valence-electron chi connectivity index (χ1n) is 7.82. The lowest BCUT2D eigenvalue weighted by Gasteiger charge is -2.26. The highest BCUT2D eigenvalue weighted by Crippen LogP contribution is 2.28. The van der Waals surface area contributed by atoms with E-state index in [1.165, 1.54) is 5.06 Å². The quantitative estimate of drug-likeness (QED) is 0.529. The first-order valence-corrected chi connectivity index (χ1v) is 8.61. The van der Waals surface area contributed by atoms with Crippen LogP contribution in [-0.2, 0) is 22.5 Å². The number of carbonyl (C=O) groups is 1. The standard InChI is InChI=1S/C17H23BrN2O3/c1-5-15-19-14-9-8-13(18)12(16(14)22-15)7-6-10-20(11-21)23-17(2,3)4/h8-9,11H,5-7,10H2,1-4H3. The Hall–Kier alpha value is -1.40. The fraction of sp³-hybridized carbons (Fsp3) is 0.529. The van der Waals surface area contributed by atoms with Gasteiger partial charge < -0.3 is 4.42 Å². The van der Waals surface area contributed by atoms with E-state index in [0.717, 1.165) is 52.7 Å². The van der Waals surface area contributed by atoms with E-state index in [-0.39, 0.29) is 5.60 Å². The van der Waals surface area contributed by atoms with Crippen molar-refractivity contribution in [3.63, 3.8) is 0 Å². The molecule has 0 N–H and O–H groups in total. The molecule has 0 radical (unpaired) electrons. The van der Waals surface area contributed by atoms with Crippen LogP contribution in [0.1, 0.15) is 45.6 Å². The van der Waals surface area contributed by atoms with E-state index in [1.807, 2.05) is 39.8 Å². The van der Waals surface area contributed by atoms with E-state index >= 15 is 0 Å². The van der Waals surface area contributed by atoms with Gasteiger partial charge in [0.05, 0.1) is 5.60 Å². The second-order valence-corrected chi connectivity index (χ2v) is 7.24. The van der Waals surface area contributed by atoms with Crippen LogP contribution >= 0.6 is 15.9 Å². The third-order valence-corrected chi connectivity index (χ3v) is 4.01. The minimum absolute atomic E-state index is 0.386. The minimum atomic E-state index is -0.386. The van der Waals surface area contributed by atoms with E-state index in [0.29, 0.717) is 6.54 Å². The molecule has 1 aromatic carbocycles. The Balaban J connectivity index is 2.08. The highest BCUT2D eigenvalue weighted by atomic mass is 79.9. The van der Waals surface area contributed by atoms with Gasteiger partial charge in [0.1, 0.15) is 5.52 Å². The monoisotopic (exact) mass is 382 g/mol. The van der Waals surface area contributed by atoms with Gasteiger partial charge in [0.2, 0.25) is 6.41 Å². The van der Waals surface area contributed by atoms with Crippen molar-refractivity contribution >= 4 is 33.4 Å². The molecule has 5 nitrogen and oxygen atoms in total. The minimum Gasteiger partial charge on any atom is -0.440 e. The number of rotatable bonds is 7. The number of fused-ring (bicyclic) bond motifs is 1. The maximum atomic E-state index is 11.1. The van der Waals surface area contributed by atoms with Crippen molar-refractivity contribution in [2.45, 2.75) is 52.6 Å². The molecule has 6 heteroatoms. The first kappa shape index (κ1) is 17.9. The van der Waals surface area contributed by atoms with Crippen LogP contribution in [0, 0.1) is 0 Å². The fourth-order valence-electron chi connectivity index (χ4n) is 2.34. The molecule has 1 amide bonds. The average Bonchev–Trinajstić information content (AvgIpc) is 2.90. The molecule has 1 heterocycles. The molecule has 0 saturated carbocycles. The molecular weight excluding hydrogens is 360 g/mol. The number of oxazole rings is 1. The molecule has 0 saturated heterocycles. The van der Waals surface area contributed by atoms with Crippen molar-refractivity contribution in [1.82, 2.24) is 10.0 Å². The summed E-state index contributed by atoms with van der Waals surface area (Å²) in [6, 6.07) is 3.94. The van der Waals surface area contributed by atoms with Crippen molar-refractivity contribution in [1.29, 1.82) is 0 Å². The zero-order valence-corrected chi connectivity index (χ0v) is 15.6. The van der Waals surface area contributed by atoms with Gasteiger partial charge in [0.25, 0.3) is 0 Å². The summed E-state index contributed by atoms with van der Waals surface area (Å²) in [5.41, 5.74) is 2.39. The maximum absolute atomic E-state index is 11.1. The summed E-state index contributed by atoms with van der Waals surface area (Å²) in [5.74, 6) is 0.741. The van der Waals surface area contributed by atoms with Gasteiger partial charge in [-0.1, -0.05) is 22.9 Å². The first-order chi connectivity index (χ1) is 10.8. The summed E-state index contributed by atoms with van der Waals surface area (Å²) >= 11 is 3.58. The van der Waals surface area contributed by atoms with E-state index in [1.54, 1.807) is 0 Å². The van der Waals surface area contributed by atoms with Crippen LogP contribution in [0.3, 0.4) is 0 Å². The van der Waals surface area contributed by atoms with Crippen molar-refractivity contribution in [2.75, 3.05) is 6.54 Å². The molecular formula is C17H23BrN2O3. The number of benzene rings is 1. The molecule has 0 bridgehead atoms. The normalized spacial score (nSPS) is 11.9. The van der Waals surface area contributed by atoms with Gasteiger partial charge in [-0.15, -0.1) is 0 Å². The Labute approximate surface area is 145 Å². The van der Waals surface area contributed by atoms with Crippen molar-refractivity contribution in [3.8, 4) is 0 Å². The number of aryl methyl sites for hydroxylation is 2. The van der Waals surface area contributed by atoms with Crippen LogP contribution in [0.15, 0.2) is 21.0 Å². The maximum Gasteiger partial charge on any atom is 0.233 e. The number of amides is 1. The topological polar surface area (TPSA) is 55.6 Å². The van der Waals surface area contributed by atoms with Crippen molar-refractivity contribution in [3.05, 3.63) is 28.1 Å². The van der Waals surface area contributed by atoms with Crippen molar-refractivity contribution in [2.24, 2.45) is 0 Å². The van der Waals surface area contributed by atoms with Gasteiger partial charge in [-0.2, -0.15) is 0 Å². The number of nitrogens with zero attached hydrogens (tertiary/aromatic N) is 2. The van der Waals surface area contributed by atoms with Crippen molar-refractivity contribution < 1.29 is 14.0 Å². The lowest BCUT2D eigenvalue weighted by atomic mass is 10.1. The summed E-state index contributed by atoms with van der Waals surface area (Å²) in [6.07, 6.45) is 3.04. The predicted octanol–water partition coefficient (Wildman–Crippen LogP) is 4.27. The van der Waals surface area contributed by atoms with Gasteiger partial charge >= 0.3 is 0 Å². The molecule has 0 aliphatic rings. The molecule has 23 heavy (non-hydrogen) atoms. The molecule has 0 spiro atoms. The van der Waals surface area contributed by atoms with Crippen LogP contribution in [0.2, 0.25) is 0 Å². The zero-order chi connectivity index (χ0) is 17.0. The Morgan fingerprint density at radius 1 is 1.39 bits per heavy atom. The Morgan fingerprint density at radius 3 is 2.74 bits per heavy atom. The Kier molecular flexibility index (Phi) is 5.81. The van der Waals surface area contributed by atoms with Gasteiger partial charge in [-0.25, -0.2) is 10.0 Å². The number of hydroxylamine groups is 2. The smallest absolute Gasteiger partial charge is 0.233 e. The number of hydrogen-bond donors (Lipinski definition) is 0. The van der Waals surface area contributed by atoms with Crippen LogP contribution < -0.4 is 0 Å². The SMILES string of the molecule is CCc1nc2ccc(Br)c(CCCN(C=O)OC(C)(C)C)c2o1. The van der Waals surface area contributed by atoms with Gasteiger partial charge in [-0.3, -0.25) is 9.63 Å². The summed E-state index contributed by atoms with van der Waals surface area (Å²) in [6.45, 7) is 8.30. The number of halogens is 1. The van der Waals surface area contributed by atoms with Gasteiger partial charge in [0.15, 0.2) is 11.5 Å². The highest BCUT2D eigenvalue weighted by Gasteiger charge is 2.17. The molecule has 0 aliphatic carbocycles. The number of aromatic nitrogens is 1. The molecule has 126 valence electrons. The number of carbonyl (C=O) groups excluding carboxylic acids is 1. The number of hydrogen-bond acceptors (Lipinski definition) is 4. The van der Waals surface area contributed by atoms with Gasteiger partial charge in [-0.05, 0) is 45.7 Å². The molecule has 2 rings (SSSR count). The molecule has 2 aromatic rings.